The number of carbonyl (C=O) groups is 1. The van der Waals surface area contributed by atoms with Gasteiger partial charge in [-0.2, -0.15) is 8.42 Å². The van der Waals surface area contributed by atoms with Gasteiger partial charge in [0.05, 0.1) is 0 Å². The highest BCUT2D eigenvalue weighted by Crippen LogP contribution is 1.95. The quantitative estimate of drug-likeness (QED) is 0.284. The summed E-state index contributed by atoms with van der Waals surface area (Å²) in [6.45, 7) is 2.81. The lowest BCUT2D eigenvalue weighted by atomic mass is 10.7. The van der Waals surface area contributed by atoms with Crippen molar-refractivity contribution in [3.63, 3.8) is 0 Å². The fourth-order valence-electron chi connectivity index (χ4n) is 0.447. The molecule has 0 saturated heterocycles. The minimum Gasteiger partial charge on any atom is -0.430 e. The van der Waals surface area contributed by atoms with Crippen molar-refractivity contribution in [3.8, 4) is 12.3 Å². The highest BCUT2D eigenvalue weighted by molar-refractivity contribution is 7.86. The van der Waals surface area contributed by atoms with Crippen LogP contribution in [0.3, 0.4) is 0 Å². The van der Waals surface area contributed by atoms with Gasteiger partial charge in [0.25, 0.3) is 0 Å². The molecule has 0 rings (SSSR count). The molecule has 0 aromatic carbocycles. The Bertz CT molecular complexity index is 350. The van der Waals surface area contributed by atoms with Crippen LogP contribution in [-0.2, 0) is 23.8 Å². The SMILES string of the molecule is C#CCOS(=O)(=O)COC(=O)OCC=C. The summed E-state index contributed by atoms with van der Waals surface area (Å²) in [4.78, 5) is 10.7. The highest BCUT2D eigenvalue weighted by Gasteiger charge is 2.14. The van der Waals surface area contributed by atoms with E-state index in [0.717, 1.165) is 0 Å². The molecule has 0 aromatic heterocycles. The lowest BCUT2D eigenvalue weighted by Crippen LogP contribution is -2.17. The normalized spacial score (nSPS) is 10.1. The molecule has 0 aliphatic carbocycles. The first kappa shape index (κ1) is 13.5. The Labute approximate surface area is 87.9 Å². The first-order chi connectivity index (χ1) is 7.02. The zero-order valence-corrected chi connectivity index (χ0v) is 8.66. The minimum atomic E-state index is -3.96. The molecule has 0 atom stereocenters. The topological polar surface area (TPSA) is 78.9 Å². The largest absolute Gasteiger partial charge is 0.509 e. The molecule has 0 spiro atoms. The van der Waals surface area contributed by atoms with Crippen LogP contribution in [0.2, 0.25) is 0 Å². The second-order valence-electron chi connectivity index (χ2n) is 2.14. The summed E-state index contributed by atoms with van der Waals surface area (Å²) >= 11 is 0. The molecular formula is C8H10O6S. The van der Waals surface area contributed by atoms with Crippen molar-refractivity contribution in [2.24, 2.45) is 0 Å². The maximum Gasteiger partial charge on any atom is 0.509 e. The Morgan fingerprint density at radius 2 is 2.13 bits per heavy atom. The van der Waals surface area contributed by atoms with Crippen molar-refractivity contribution >= 4 is 16.3 Å². The lowest BCUT2D eigenvalue weighted by molar-refractivity contribution is 0.0740. The van der Waals surface area contributed by atoms with Gasteiger partial charge in [0.15, 0.2) is 0 Å². The van der Waals surface area contributed by atoms with E-state index in [0.29, 0.717) is 0 Å². The van der Waals surface area contributed by atoms with Gasteiger partial charge in [-0.25, -0.2) is 4.79 Å². The Balaban J connectivity index is 3.89. The molecule has 0 aliphatic rings. The second-order valence-corrected chi connectivity index (χ2v) is 3.72. The fraction of sp³-hybridized carbons (Fsp3) is 0.375. The number of rotatable bonds is 6. The predicted molar refractivity (Wildman–Crippen MR) is 51.2 cm³/mol. The van der Waals surface area contributed by atoms with Crippen LogP contribution >= 0.6 is 0 Å². The van der Waals surface area contributed by atoms with Crippen LogP contribution in [0.25, 0.3) is 0 Å². The molecule has 84 valence electrons. The van der Waals surface area contributed by atoms with Gasteiger partial charge in [-0.15, -0.1) is 6.42 Å². The molecule has 0 radical (unpaired) electrons. The fourth-order valence-corrected chi connectivity index (χ4v) is 1.00. The standard InChI is InChI=1S/C8H10O6S/c1-3-5-12-8(9)13-7-15(10,11)14-6-4-2/h2-3H,1,5-7H2. The van der Waals surface area contributed by atoms with E-state index >= 15 is 0 Å². The van der Waals surface area contributed by atoms with Gasteiger partial charge in [-0.3, -0.25) is 4.18 Å². The van der Waals surface area contributed by atoms with Gasteiger partial charge in [0.1, 0.15) is 13.2 Å². The van der Waals surface area contributed by atoms with Crippen LogP contribution in [-0.4, -0.2) is 33.7 Å². The van der Waals surface area contributed by atoms with E-state index in [9.17, 15) is 13.2 Å². The first-order valence-electron chi connectivity index (χ1n) is 3.73. The number of terminal acetylenes is 1. The molecule has 15 heavy (non-hydrogen) atoms. The molecule has 6 nitrogen and oxygen atoms in total. The molecular weight excluding hydrogens is 224 g/mol. The summed E-state index contributed by atoms with van der Waals surface area (Å²) in [6, 6.07) is 0. The van der Waals surface area contributed by atoms with Gasteiger partial charge < -0.3 is 9.47 Å². The third kappa shape index (κ3) is 7.54. The van der Waals surface area contributed by atoms with E-state index in [1.54, 1.807) is 0 Å². The van der Waals surface area contributed by atoms with Crippen molar-refractivity contribution in [3.05, 3.63) is 12.7 Å². The molecule has 0 heterocycles. The number of hydrogen-bond donors (Lipinski definition) is 0. The molecule has 0 N–H and O–H groups in total. The molecule has 0 unspecified atom stereocenters. The minimum absolute atomic E-state index is 0.0654. The maximum absolute atomic E-state index is 10.9. The molecule has 0 bridgehead atoms. The maximum atomic E-state index is 10.9. The van der Waals surface area contributed by atoms with Gasteiger partial charge >= 0.3 is 16.3 Å². The van der Waals surface area contributed by atoms with E-state index in [1.807, 2.05) is 5.92 Å². The van der Waals surface area contributed by atoms with Gasteiger partial charge in [-0.1, -0.05) is 18.6 Å². The molecule has 0 saturated carbocycles. The summed E-state index contributed by atoms with van der Waals surface area (Å²) in [5.74, 6) is 1.02. The summed E-state index contributed by atoms with van der Waals surface area (Å²) < 4.78 is 34.6. The van der Waals surface area contributed by atoms with Crippen molar-refractivity contribution in [2.75, 3.05) is 19.2 Å². The van der Waals surface area contributed by atoms with E-state index in [-0.39, 0.29) is 6.61 Å². The van der Waals surface area contributed by atoms with Crippen LogP contribution in [0, 0.1) is 12.3 Å². The summed E-state index contributed by atoms with van der Waals surface area (Å²) in [5, 5.41) is 0. The molecule has 0 aliphatic heterocycles. The third-order valence-electron chi connectivity index (χ3n) is 0.962. The van der Waals surface area contributed by atoms with E-state index in [2.05, 4.69) is 20.2 Å². The van der Waals surface area contributed by atoms with Crippen molar-refractivity contribution in [2.45, 2.75) is 0 Å². The van der Waals surface area contributed by atoms with Crippen LogP contribution in [0.1, 0.15) is 0 Å². The Kier molecular flexibility index (Phi) is 6.17. The Morgan fingerprint density at radius 3 is 2.67 bits per heavy atom. The second kappa shape index (κ2) is 6.86. The molecule has 7 heteroatoms. The van der Waals surface area contributed by atoms with Crippen LogP contribution < -0.4 is 0 Å². The number of ether oxygens (including phenoxy) is 2. The number of hydrogen-bond acceptors (Lipinski definition) is 6. The van der Waals surface area contributed by atoms with Crippen molar-refractivity contribution < 1.29 is 26.9 Å². The Hall–Kier alpha value is -1.52. The first-order valence-corrected chi connectivity index (χ1v) is 5.30. The lowest BCUT2D eigenvalue weighted by Gasteiger charge is -2.04. The predicted octanol–water partition coefficient (Wildman–Crippen LogP) is 0.263. The monoisotopic (exact) mass is 234 g/mol. The number of carbonyl (C=O) groups excluding carboxylic acids is 1. The highest BCUT2D eigenvalue weighted by atomic mass is 32.2. The molecule has 0 amide bonds. The van der Waals surface area contributed by atoms with Crippen molar-refractivity contribution in [1.29, 1.82) is 0 Å². The van der Waals surface area contributed by atoms with E-state index in [4.69, 9.17) is 6.42 Å². The van der Waals surface area contributed by atoms with Gasteiger partial charge in [-0.05, 0) is 0 Å². The molecule has 0 fully saturated rings. The zero-order chi connectivity index (χ0) is 11.7. The average Bonchev–Trinajstić information content (AvgIpc) is 2.21. The third-order valence-corrected chi connectivity index (χ3v) is 1.85. The molecule has 0 aromatic rings. The van der Waals surface area contributed by atoms with Gasteiger partial charge in [0, 0.05) is 0 Å². The summed E-state index contributed by atoms with van der Waals surface area (Å²) in [6.07, 6.45) is 4.96. The van der Waals surface area contributed by atoms with Gasteiger partial charge in [0.2, 0.25) is 5.94 Å². The van der Waals surface area contributed by atoms with Crippen LogP contribution in [0.4, 0.5) is 4.79 Å². The Morgan fingerprint density at radius 1 is 1.47 bits per heavy atom. The average molecular weight is 234 g/mol. The van der Waals surface area contributed by atoms with Crippen LogP contribution in [0.15, 0.2) is 12.7 Å². The summed E-state index contributed by atoms with van der Waals surface area (Å²) in [5.41, 5.74) is 0. The van der Waals surface area contributed by atoms with Crippen LogP contribution in [0.5, 0.6) is 0 Å². The van der Waals surface area contributed by atoms with E-state index < -0.39 is 28.8 Å². The zero-order valence-electron chi connectivity index (χ0n) is 7.84. The smallest absolute Gasteiger partial charge is 0.430 e. The summed E-state index contributed by atoms with van der Waals surface area (Å²) in [7, 11) is -3.96. The van der Waals surface area contributed by atoms with Crippen molar-refractivity contribution in [1.82, 2.24) is 0 Å². The van der Waals surface area contributed by atoms with E-state index in [1.165, 1.54) is 6.08 Å².